The summed E-state index contributed by atoms with van der Waals surface area (Å²) < 4.78 is 0. The molecule has 1 unspecified atom stereocenters. The molecule has 2 aromatic rings. The van der Waals surface area contributed by atoms with Crippen LogP contribution in [0.15, 0.2) is 54.6 Å². The third-order valence-electron chi connectivity index (χ3n) is 5.33. The van der Waals surface area contributed by atoms with Gasteiger partial charge >= 0.3 is 6.03 Å². The number of rotatable bonds is 5. The van der Waals surface area contributed by atoms with Gasteiger partial charge in [0, 0.05) is 52.2 Å². The highest BCUT2D eigenvalue weighted by Gasteiger charge is 2.30. The normalized spacial score (nSPS) is 16.2. The Labute approximate surface area is 173 Å². The van der Waals surface area contributed by atoms with Gasteiger partial charge in [0.25, 0.3) is 0 Å². The number of hydrogen-bond donors (Lipinski definition) is 1. The molecular weight excluding hydrogens is 364 g/mol. The van der Waals surface area contributed by atoms with E-state index in [1.165, 1.54) is 0 Å². The van der Waals surface area contributed by atoms with Crippen LogP contribution in [0.25, 0.3) is 0 Å². The van der Waals surface area contributed by atoms with E-state index in [1.54, 1.807) is 9.80 Å². The molecule has 1 aliphatic heterocycles. The van der Waals surface area contributed by atoms with Crippen molar-refractivity contribution in [2.75, 3.05) is 44.4 Å². The predicted octanol–water partition coefficient (Wildman–Crippen LogP) is 3.66. The zero-order valence-electron chi connectivity index (χ0n) is 17.5. The summed E-state index contributed by atoms with van der Waals surface area (Å²) in [7, 11) is 5.85. The number of anilines is 2. The van der Waals surface area contributed by atoms with Crippen molar-refractivity contribution in [3.05, 3.63) is 60.2 Å². The molecule has 2 aromatic carbocycles. The van der Waals surface area contributed by atoms with Crippen LogP contribution in [0.4, 0.5) is 16.2 Å². The summed E-state index contributed by atoms with van der Waals surface area (Å²) in [5.41, 5.74) is 3.00. The molecule has 6 heteroatoms. The molecular formula is C23H30N4O2. The molecule has 0 aromatic heterocycles. The minimum atomic E-state index is -0.156. The molecule has 1 aliphatic rings. The zero-order valence-corrected chi connectivity index (χ0v) is 17.5. The van der Waals surface area contributed by atoms with Gasteiger partial charge in [0.15, 0.2) is 0 Å². The molecule has 1 N–H and O–H groups in total. The molecule has 0 radical (unpaired) electrons. The number of nitrogens with zero attached hydrogens (tertiary/aromatic N) is 3. The lowest BCUT2D eigenvalue weighted by atomic mass is 9.96. The number of piperidine rings is 1. The van der Waals surface area contributed by atoms with Crippen molar-refractivity contribution in [1.82, 2.24) is 9.80 Å². The summed E-state index contributed by atoms with van der Waals surface area (Å²) in [5, 5.41) is 2.91. The first-order valence-electron chi connectivity index (χ1n) is 10.1. The second kappa shape index (κ2) is 9.45. The first-order chi connectivity index (χ1) is 13.9. The van der Waals surface area contributed by atoms with Crippen LogP contribution in [0.1, 0.15) is 18.4 Å². The molecule has 29 heavy (non-hydrogen) atoms. The van der Waals surface area contributed by atoms with Gasteiger partial charge in [-0.1, -0.05) is 30.3 Å². The van der Waals surface area contributed by atoms with Gasteiger partial charge in [-0.3, -0.25) is 4.79 Å². The Morgan fingerprint density at radius 1 is 1.03 bits per heavy atom. The van der Waals surface area contributed by atoms with Crippen molar-refractivity contribution < 1.29 is 9.59 Å². The Hall–Kier alpha value is -3.02. The average Bonchev–Trinajstić information content (AvgIpc) is 2.74. The van der Waals surface area contributed by atoms with E-state index < -0.39 is 0 Å². The van der Waals surface area contributed by atoms with Crippen molar-refractivity contribution in [2.45, 2.75) is 19.4 Å². The number of urea groups is 1. The second-order valence-corrected chi connectivity index (χ2v) is 7.84. The van der Waals surface area contributed by atoms with Crippen LogP contribution in [0.3, 0.4) is 0 Å². The fourth-order valence-electron chi connectivity index (χ4n) is 3.65. The second-order valence-electron chi connectivity index (χ2n) is 7.84. The minimum Gasteiger partial charge on any atom is -0.378 e. The van der Waals surface area contributed by atoms with E-state index in [4.69, 9.17) is 0 Å². The highest BCUT2D eigenvalue weighted by molar-refractivity contribution is 5.90. The number of likely N-dealkylation sites (tertiary alicyclic amines) is 1. The van der Waals surface area contributed by atoms with Gasteiger partial charge < -0.3 is 20.0 Å². The number of nitrogens with one attached hydrogen (secondary N) is 1. The number of amides is 3. The Kier molecular flexibility index (Phi) is 6.75. The zero-order chi connectivity index (χ0) is 20.8. The number of hydrogen-bond acceptors (Lipinski definition) is 3. The number of benzene rings is 2. The van der Waals surface area contributed by atoms with E-state index >= 15 is 0 Å². The van der Waals surface area contributed by atoms with Crippen LogP contribution in [0.2, 0.25) is 0 Å². The highest BCUT2D eigenvalue weighted by atomic mass is 16.2. The van der Waals surface area contributed by atoms with E-state index in [1.807, 2.05) is 51.5 Å². The molecule has 6 nitrogen and oxygen atoms in total. The topological polar surface area (TPSA) is 55.9 Å². The van der Waals surface area contributed by atoms with Crippen LogP contribution in [0, 0.1) is 5.92 Å². The van der Waals surface area contributed by atoms with Gasteiger partial charge in [-0.15, -0.1) is 0 Å². The third-order valence-corrected chi connectivity index (χ3v) is 5.33. The molecule has 154 valence electrons. The van der Waals surface area contributed by atoms with E-state index in [0.717, 1.165) is 29.8 Å². The quantitative estimate of drug-likeness (QED) is 0.842. The van der Waals surface area contributed by atoms with Crippen LogP contribution in [-0.2, 0) is 11.3 Å². The number of carbonyl (C=O) groups is 2. The fraction of sp³-hybridized carbons (Fsp3) is 0.391. The summed E-state index contributed by atoms with van der Waals surface area (Å²) in [6.45, 7) is 1.71. The van der Waals surface area contributed by atoms with Gasteiger partial charge in [0.05, 0.1) is 5.92 Å². The number of para-hydroxylation sites is 1. The maximum absolute atomic E-state index is 13.0. The summed E-state index contributed by atoms with van der Waals surface area (Å²) in [4.78, 5) is 31.1. The van der Waals surface area contributed by atoms with Crippen LogP contribution >= 0.6 is 0 Å². The van der Waals surface area contributed by atoms with E-state index in [-0.39, 0.29) is 17.9 Å². The first kappa shape index (κ1) is 20.7. The van der Waals surface area contributed by atoms with Crippen molar-refractivity contribution in [2.24, 2.45) is 5.92 Å². The molecule has 1 saturated heterocycles. The maximum atomic E-state index is 13.0. The fourth-order valence-corrected chi connectivity index (χ4v) is 3.65. The van der Waals surface area contributed by atoms with E-state index in [0.29, 0.717) is 19.6 Å². The summed E-state index contributed by atoms with van der Waals surface area (Å²) >= 11 is 0. The van der Waals surface area contributed by atoms with Crippen molar-refractivity contribution in [3.63, 3.8) is 0 Å². The summed E-state index contributed by atoms with van der Waals surface area (Å²) in [5.74, 6) is -0.0600. The van der Waals surface area contributed by atoms with Crippen LogP contribution in [0.5, 0.6) is 0 Å². The maximum Gasteiger partial charge on any atom is 0.321 e. The van der Waals surface area contributed by atoms with Gasteiger partial charge in [-0.05, 0) is 42.7 Å². The van der Waals surface area contributed by atoms with Crippen LogP contribution < -0.4 is 10.2 Å². The Morgan fingerprint density at radius 2 is 1.72 bits per heavy atom. The molecule has 0 spiro atoms. The smallest absolute Gasteiger partial charge is 0.321 e. The Balaban J connectivity index is 1.56. The van der Waals surface area contributed by atoms with Gasteiger partial charge in [0.2, 0.25) is 5.91 Å². The third kappa shape index (κ3) is 5.50. The van der Waals surface area contributed by atoms with Gasteiger partial charge in [0.1, 0.15) is 0 Å². The highest BCUT2D eigenvalue weighted by Crippen LogP contribution is 2.21. The molecule has 0 bridgehead atoms. The monoisotopic (exact) mass is 394 g/mol. The van der Waals surface area contributed by atoms with E-state index in [2.05, 4.69) is 34.5 Å². The lowest BCUT2D eigenvalue weighted by molar-refractivity contribution is -0.136. The SMILES string of the molecule is CN(Cc1ccc(N(C)C)cc1)C(=O)C1CCCN(C(=O)Nc2ccccc2)C1. The molecule has 1 heterocycles. The Morgan fingerprint density at radius 3 is 2.38 bits per heavy atom. The average molecular weight is 395 g/mol. The Bertz CT molecular complexity index is 821. The molecule has 0 aliphatic carbocycles. The molecule has 1 atom stereocenters. The molecule has 3 rings (SSSR count). The van der Waals surface area contributed by atoms with E-state index in [9.17, 15) is 9.59 Å². The summed E-state index contributed by atoms with van der Waals surface area (Å²) in [6.07, 6.45) is 1.65. The van der Waals surface area contributed by atoms with Crippen molar-refractivity contribution >= 4 is 23.3 Å². The lowest BCUT2D eigenvalue weighted by Crippen LogP contribution is -2.47. The summed E-state index contributed by atoms with van der Waals surface area (Å²) in [6, 6.07) is 17.5. The molecule has 3 amide bonds. The van der Waals surface area contributed by atoms with Gasteiger partial charge in [-0.2, -0.15) is 0 Å². The molecule has 1 fully saturated rings. The minimum absolute atomic E-state index is 0.0962. The first-order valence-corrected chi connectivity index (χ1v) is 10.1. The standard InChI is InChI=1S/C23H30N4O2/c1-25(2)21-13-11-18(12-14-21)16-26(3)22(28)19-8-7-15-27(17-19)23(29)24-20-9-5-4-6-10-20/h4-6,9-14,19H,7-8,15-17H2,1-3H3,(H,24,29). The lowest BCUT2D eigenvalue weighted by Gasteiger charge is -2.34. The van der Waals surface area contributed by atoms with Crippen LogP contribution in [-0.4, -0.2) is 56.0 Å². The largest absolute Gasteiger partial charge is 0.378 e. The predicted molar refractivity (Wildman–Crippen MR) is 117 cm³/mol. The number of carbonyl (C=O) groups excluding carboxylic acids is 2. The van der Waals surface area contributed by atoms with Crippen molar-refractivity contribution in [1.29, 1.82) is 0 Å². The van der Waals surface area contributed by atoms with Gasteiger partial charge in [-0.25, -0.2) is 4.79 Å². The molecule has 0 saturated carbocycles. The van der Waals surface area contributed by atoms with Crippen molar-refractivity contribution in [3.8, 4) is 0 Å².